The van der Waals surface area contributed by atoms with Crippen molar-refractivity contribution in [2.45, 2.75) is 53.0 Å². The Morgan fingerprint density at radius 2 is 1.93 bits per heavy atom. The molecule has 0 fully saturated rings. The van der Waals surface area contributed by atoms with Gasteiger partial charge in [-0.1, -0.05) is 27.7 Å². The molecule has 86 valence electrons. The summed E-state index contributed by atoms with van der Waals surface area (Å²) >= 11 is 2.06. The van der Waals surface area contributed by atoms with Crippen molar-refractivity contribution in [1.82, 2.24) is 5.32 Å². The Morgan fingerprint density at radius 1 is 1.21 bits per heavy atom. The van der Waals surface area contributed by atoms with E-state index in [0.717, 1.165) is 12.0 Å². The van der Waals surface area contributed by atoms with Gasteiger partial charge in [-0.25, -0.2) is 0 Å². The van der Waals surface area contributed by atoms with Crippen molar-refractivity contribution >= 4 is 11.8 Å². The average molecular weight is 217 g/mol. The van der Waals surface area contributed by atoms with E-state index in [9.17, 15) is 0 Å². The fourth-order valence-corrected chi connectivity index (χ4v) is 2.21. The van der Waals surface area contributed by atoms with Crippen LogP contribution in [0.2, 0.25) is 0 Å². The Kier molecular flexibility index (Phi) is 10.1. The maximum absolute atomic E-state index is 3.64. The molecule has 0 aromatic carbocycles. The molecule has 0 radical (unpaired) electrons. The summed E-state index contributed by atoms with van der Waals surface area (Å²) in [5.74, 6) is 3.36. The Bertz CT molecular complexity index is 115. The Labute approximate surface area is 94.4 Å². The summed E-state index contributed by atoms with van der Waals surface area (Å²) in [6.45, 7) is 10.3. The SMILES string of the molecule is CCCNC(CCCSCC)C(C)C. The van der Waals surface area contributed by atoms with Crippen molar-refractivity contribution in [2.24, 2.45) is 5.92 Å². The molecule has 2 heteroatoms. The maximum atomic E-state index is 3.64. The summed E-state index contributed by atoms with van der Waals surface area (Å²) in [6.07, 6.45) is 3.94. The fraction of sp³-hybridized carbons (Fsp3) is 1.00. The predicted octanol–water partition coefficient (Wildman–Crippen LogP) is 3.54. The molecule has 0 saturated heterocycles. The summed E-state index contributed by atoms with van der Waals surface area (Å²) in [4.78, 5) is 0. The van der Waals surface area contributed by atoms with E-state index in [2.05, 4.69) is 44.8 Å². The predicted molar refractivity (Wildman–Crippen MR) is 69.2 cm³/mol. The van der Waals surface area contributed by atoms with Crippen LogP contribution in [0.5, 0.6) is 0 Å². The van der Waals surface area contributed by atoms with E-state index >= 15 is 0 Å². The van der Waals surface area contributed by atoms with Crippen LogP contribution in [0.3, 0.4) is 0 Å². The molecule has 0 bridgehead atoms. The Balaban J connectivity index is 3.52. The number of thioether (sulfide) groups is 1. The van der Waals surface area contributed by atoms with E-state index in [1.165, 1.54) is 37.3 Å². The monoisotopic (exact) mass is 217 g/mol. The van der Waals surface area contributed by atoms with Crippen LogP contribution in [0.4, 0.5) is 0 Å². The number of hydrogen-bond donors (Lipinski definition) is 1. The van der Waals surface area contributed by atoms with Crippen molar-refractivity contribution in [3.8, 4) is 0 Å². The van der Waals surface area contributed by atoms with Crippen molar-refractivity contribution in [2.75, 3.05) is 18.1 Å². The van der Waals surface area contributed by atoms with Gasteiger partial charge < -0.3 is 5.32 Å². The Hall–Kier alpha value is 0.310. The molecule has 0 aromatic heterocycles. The van der Waals surface area contributed by atoms with Crippen molar-refractivity contribution in [3.63, 3.8) is 0 Å². The molecule has 0 heterocycles. The lowest BCUT2D eigenvalue weighted by atomic mass is 9.99. The molecule has 1 N–H and O–H groups in total. The second kappa shape index (κ2) is 9.85. The van der Waals surface area contributed by atoms with Gasteiger partial charge in [0.05, 0.1) is 0 Å². The molecule has 0 spiro atoms. The largest absolute Gasteiger partial charge is 0.314 e. The van der Waals surface area contributed by atoms with Crippen LogP contribution < -0.4 is 5.32 Å². The number of hydrogen-bond acceptors (Lipinski definition) is 2. The normalized spacial score (nSPS) is 13.5. The second-order valence-corrected chi connectivity index (χ2v) is 5.54. The first-order chi connectivity index (χ1) is 6.72. The van der Waals surface area contributed by atoms with Gasteiger partial charge in [-0.2, -0.15) is 11.8 Å². The van der Waals surface area contributed by atoms with Gasteiger partial charge in [0.25, 0.3) is 0 Å². The van der Waals surface area contributed by atoms with Crippen LogP contribution in [-0.2, 0) is 0 Å². The van der Waals surface area contributed by atoms with Gasteiger partial charge in [0.15, 0.2) is 0 Å². The highest BCUT2D eigenvalue weighted by atomic mass is 32.2. The van der Waals surface area contributed by atoms with Gasteiger partial charge in [0, 0.05) is 6.04 Å². The zero-order valence-electron chi connectivity index (χ0n) is 10.3. The van der Waals surface area contributed by atoms with Gasteiger partial charge in [-0.05, 0) is 43.2 Å². The lowest BCUT2D eigenvalue weighted by Crippen LogP contribution is -2.34. The molecule has 0 rings (SSSR count). The van der Waals surface area contributed by atoms with E-state index < -0.39 is 0 Å². The minimum Gasteiger partial charge on any atom is -0.314 e. The second-order valence-electron chi connectivity index (χ2n) is 4.14. The zero-order valence-corrected chi connectivity index (χ0v) is 11.1. The van der Waals surface area contributed by atoms with Gasteiger partial charge in [0.1, 0.15) is 0 Å². The van der Waals surface area contributed by atoms with E-state index in [1.54, 1.807) is 0 Å². The topological polar surface area (TPSA) is 12.0 Å². The summed E-state index contributed by atoms with van der Waals surface area (Å²) in [5.41, 5.74) is 0. The van der Waals surface area contributed by atoms with Crippen LogP contribution in [0.15, 0.2) is 0 Å². The molecular formula is C12H27NS. The van der Waals surface area contributed by atoms with Gasteiger partial charge >= 0.3 is 0 Å². The highest BCUT2D eigenvalue weighted by Crippen LogP contribution is 2.11. The molecule has 0 saturated carbocycles. The molecule has 0 aliphatic heterocycles. The van der Waals surface area contributed by atoms with Gasteiger partial charge in [-0.15, -0.1) is 0 Å². The van der Waals surface area contributed by atoms with Crippen LogP contribution in [-0.4, -0.2) is 24.1 Å². The molecule has 1 unspecified atom stereocenters. The minimum absolute atomic E-state index is 0.729. The minimum atomic E-state index is 0.729. The molecule has 0 aromatic rings. The summed E-state index contributed by atoms with van der Waals surface area (Å²) in [5, 5.41) is 3.64. The highest BCUT2D eigenvalue weighted by Gasteiger charge is 2.10. The van der Waals surface area contributed by atoms with Crippen molar-refractivity contribution < 1.29 is 0 Å². The van der Waals surface area contributed by atoms with E-state index in [0.29, 0.717) is 0 Å². The Morgan fingerprint density at radius 3 is 2.43 bits per heavy atom. The molecule has 0 amide bonds. The first-order valence-electron chi connectivity index (χ1n) is 6.03. The molecular weight excluding hydrogens is 190 g/mol. The quantitative estimate of drug-likeness (QED) is 0.593. The highest BCUT2D eigenvalue weighted by molar-refractivity contribution is 7.99. The van der Waals surface area contributed by atoms with E-state index in [1.807, 2.05) is 0 Å². The third-order valence-corrected chi connectivity index (χ3v) is 3.45. The van der Waals surface area contributed by atoms with Crippen LogP contribution >= 0.6 is 11.8 Å². The zero-order chi connectivity index (χ0) is 10.8. The molecule has 1 atom stereocenters. The molecule has 14 heavy (non-hydrogen) atoms. The third kappa shape index (κ3) is 7.69. The van der Waals surface area contributed by atoms with Crippen LogP contribution in [0, 0.1) is 5.92 Å². The molecule has 0 aliphatic carbocycles. The van der Waals surface area contributed by atoms with E-state index in [-0.39, 0.29) is 0 Å². The first kappa shape index (κ1) is 14.3. The number of rotatable bonds is 9. The fourth-order valence-electron chi connectivity index (χ4n) is 1.55. The lowest BCUT2D eigenvalue weighted by molar-refractivity contribution is 0.376. The van der Waals surface area contributed by atoms with Crippen LogP contribution in [0.25, 0.3) is 0 Å². The summed E-state index contributed by atoms with van der Waals surface area (Å²) < 4.78 is 0. The molecule has 1 nitrogen and oxygen atoms in total. The molecule has 0 aliphatic rings. The first-order valence-corrected chi connectivity index (χ1v) is 7.18. The number of nitrogens with one attached hydrogen (secondary N) is 1. The van der Waals surface area contributed by atoms with E-state index in [4.69, 9.17) is 0 Å². The van der Waals surface area contributed by atoms with Gasteiger partial charge in [-0.3, -0.25) is 0 Å². The smallest absolute Gasteiger partial charge is 0.00903 e. The van der Waals surface area contributed by atoms with Crippen LogP contribution in [0.1, 0.15) is 47.0 Å². The lowest BCUT2D eigenvalue weighted by Gasteiger charge is -2.22. The van der Waals surface area contributed by atoms with Gasteiger partial charge in [0.2, 0.25) is 0 Å². The maximum Gasteiger partial charge on any atom is 0.00903 e. The standard InChI is InChI=1S/C12H27NS/c1-5-9-13-12(11(3)4)8-7-10-14-6-2/h11-13H,5-10H2,1-4H3. The summed E-state index contributed by atoms with van der Waals surface area (Å²) in [7, 11) is 0. The summed E-state index contributed by atoms with van der Waals surface area (Å²) in [6, 6.07) is 0.729. The average Bonchev–Trinajstić information content (AvgIpc) is 2.16. The van der Waals surface area contributed by atoms with Crippen molar-refractivity contribution in [3.05, 3.63) is 0 Å². The van der Waals surface area contributed by atoms with Crippen molar-refractivity contribution in [1.29, 1.82) is 0 Å². The third-order valence-electron chi connectivity index (χ3n) is 2.47.